The van der Waals surface area contributed by atoms with Gasteiger partial charge >= 0.3 is 0 Å². The number of aromatic nitrogens is 1. The van der Waals surface area contributed by atoms with Crippen molar-refractivity contribution in [1.29, 1.82) is 0 Å². The van der Waals surface area contributed by atoms with Crippen molar-refractivity contribution in [3.05, 3.63) is 30.1 Å². The summed E-state index contributed by atoms with van der Waals surface area (Å²) in [6.07, 6.45) is 8.37. The number of carbonyl (C=O) groups excluding carboxylic acids is 1. The minimum absolute atomic E-state index is 0.0735. The Morgan fingerprint density at radius 1 is 1.11 bits per heavy atom. The first-order valence-electron chi connectivity index (χ1n) is 6.63. The number of pyridine rings is 1. The first kappa shape index (κ1) is 11.4. The normalized spacial score (nSPS) is 22.4. The zero-order chi connectivity index (χ0) is 12.4. The summed E-state index contributed by atoms with van der Waals surface area (Å²) in [5, 5.41) is 3.08. The molecule has 1 aromatic heterocycles. The molecule has 1 saturated carbocycles. The van der Waals surface area contributed by atoms with E-state index in [1.165, 1.54) is 12.8 Å². The largest absolute Gasteiger partial charge is 0.326 e. The number of rotatable bonds is 1. The Morgan fingerprint density at radius 2 is 1.89 bits per heavy atom. The Hall–Kier alpha value is -1.71. The van der Waals surface area contributed by atoms with Crippen molar-refractivity contribution in [3.63, 3.8) is 0 Å². The molecule has 2 heterocycles. The maximum Gasteiger partial charge on any atom is 0.273 e. The van der Waals surface area contributed by atoms with Crippen LogP contribution in [0, 0.1) is 0 Å². The van der Waals surface area contributed by atoms with E-state index < -0.39 is 0 Å². The molecule has 94 valence electrons. The SMILES string of the molecule is O=C1NC2(CCCCCC2)N=C1c1ccccn1. The zero-order valence-electron chi connectivity index (χ0n) is 10.4. The molecule has 1 spiro atoms. The van der Waals surface area contributed by atoms with Crippen LogP contribution in [0.4, 0.5) is 0 Å². The molecule has 0 saturated heterocycles. The molecule has 0 atom stereocenters. The average molecular weight is 243 g/mol. The third-order valence-electron chi connectivity index (χ3n) is 3.73. The van der Waals surface area contributed by atoms with Crippen LogP contribution in [0.3, 0.4) is 0 Å². The first-order chi connectivity index (χ1) is 8.79. The molecule has 18 heavy (non-hydrogen) atoms. The predicted molar refractivity (Wildman–Crippen MR) is 69.3 cm³/mol. The lowest BCUT2D eigenvalue weighted by Gasteiger charge is -2.24. The Kier molecular flexibility index (Phi) is 2.86. The summed E-state index contributed by atoms with van der Waals surface area (Å²) in [7, 11) is 0. The van der Waals surface area contributed by atoms with E-state index in [9.17, 15) is 4.79 Å². The van der Waals surface area contributed by atoms with Gasteiger partial charge in [0.2, 0.25) is 0 Å². The Balaban J connectivity index is 1.93. The third-order valence-corrected chi connectivity index (χ3v) is 3.73. The van der Waals surface area contributed by atoms with E-state index in [1.54, 1.807) is 6.20 Å². The summed E-state index contributed by atoms with van der Waals surface area (Å²) < 4.78 is 0. The van der Waals surface area contributed by atoms with Gasteiger partial charge in [0.25, 0.3) is 5.91 Å². The van der Waals surface area contributed by atoms with Crippen LogP contribution >= 0.6 is 0 Å². The zero-order valence-corrected chi connectivity index (χ0v) is 10.4. The predicted octanol–water partition coefficient (Wildman–Crippen LogP) is 2.05. The van der Waals surface area contributed by atoms with Gasteiger partial charge in [-0.2, -0.15) is 0 Å². The number of hydrogen-bond acceptors (Lipinski definition) is 3. The Bertz CT molecular complexity index is 473. The number of carbonyl (C=O) groups is 1. The lowest BCUT2D eigenvalue weighted by Crippen LogP contribution is -2.42. The fourth-order valence-corrected chi connectivity index (χ4v) is 2.79. The number of hydrogen-bond donors (Lipinski definition) is 1. The Morgan fingerprint density at radius 3 is 2.56 bits per heavy atom. The molecule has 1 aliphatic carbocycles. The quantitative estimate of drug-likeness (QED) is 0.820. The maximum absolute atomic E-state index is 12.1. The van der Waals surface area contributed by atoms with Crippen LogP contribution in [0.25, 0.3) is 0 Å². The summed E-state index contributed by atoms with van der Waals surface area (Å²) in [5.74, 6) is -0.0735. The second kappa shape index (κ2) is 4.52. The van der Waals surface area contributed by atoms with Crippen LogP contribution in [-0.4, -0.2) is 22.3 Å². The molecule has 0 aromatic carbocycles. The van der Waals surface area contributed by atoms with Crippen molar-refractivity contribution in [1.82, 2.24) is 10.3 Å². The van der Waals surface area contributed by atoms with Gasteiger partial charge in [0.1, 0.15) is 5.66 Å². The third kappa shape index (κ3) is 2.03. The van der Waals surface area contributed by atoms with Gasteiger partial charge in [0, 0.05) is 6.20 Å². The first-order valence-corrected chi connectivity index (χ1v) is 6.63. The van der Waals surface area contributed by atoms with Gasteiger partial charge in [0.15, 0.2) is 5.71 Å². The molecule has 1 fully saturated rings. The second-order valence-corrected chi connectivity index (χ2v) is 5.08. The van der Waals surface area contributed by atoms with Gasteiger partial charge in [-0.05, 0) is 37.8 Å². The average Bonchev–Trinajstić information content (AvgIpc) is 2.58. The van der Waals surface area contributed by atoms with Crippen molar-refractivity contribution in [2.45, 2.75) is 44.2 Å². The monoisotopic (exact) mass is 243 g/mol. The van der Waals surface area contributed by atoms with E-state index in [4.69, 9.17) is 0 Å². The van der Waals surface area contributed by atoms with Crippen molar-refractivity contribution >= 4 is 11.6 Å². The van der Waals surface area contributed by atoms with E-state index in [2.05, 4.69) is 15.3 Å². The van der Waals surface area contributed by atoms with Gasteiger partial charge in [-0.3, -0.25) is 9.78 Å². The van der Waals surface area contributed by atoms with Gasteiger partial charge in [-0.15, -0.1) is 0 Å². The fraction of sp³-hybridized carbons (Fsp3) is 0.500. The van der Waals surface area contributed by atoms with Crippen LogP contribution in [0.15, 0.2) is 29.4 Å². The molecule has 4 heteroatoms. The Labute approximate surface area is 107 Å². The highest BCUT2D eigenvalue weighted by Gasteiger charge is 2.39. The van der Waals surface area contributed by atoms with E-state index >= 15 is 0 Å². The van der Waals surface area contributed by atoms with Crippen molar-refractivity contribution < 1.29 is 4.79 Å². The number of aliphatic imine (C=N–C) groups is 1. The highest BCUT2D eigenvalue weighted by atomic mass is 16.2. The number of nitrogens with one attached hydrogen (secondary N) is 1. The molecule has 1 aromatic rings. The lowest BCUT2D eigenvalue weighted by atomic mass is 10.0. The number of amides is 1. The second-order valence-electron chi connectivity index (χ2n) is 5.08. The van der Waals surface area contributed by atoms with Gasteiger partial charge in [-0.1, -0.05) is 18.9 Å². The van der Waals surface area contributed by atoms with Crippen molar-refractivity contribution in [2.24, 2.45) is 4.99 Å². The van der Waals surface area contributed by atoms with Crippen molar-refractivity contribution in [3.8, 4) is 0 Å². The summed E-state index contributed by atoms with van der Waals surface area (Å²) >= 11 is 0. The van der Waals surface area contributed by atoms with Crippen LogP contribution < -0.4 is 5.32 Å². The highest BCUT2D eigenvalue weighted by Crippen LogP contribution is 2.31. The van der Waals surface area contributed by atoms with Crippen molar-refractivity contribution in [2.75, 3.05) is 0 Å². The molecule has 0 unspecified atom stereocenters. The van der Waals surface area contributed by atoms with E-state index in [0.717, 1.165) is 25.7 Å². The molecule has 1 aliphatic heterocycles. The maximum atomic E-state index is 12.1. The summed E-state index contributed by atoms with van der Waals surface area (Å²) in [6, 6.07) is 5.57. The summed E-state index contributed by atoms with van der Waals surface area (Å²) in [5.41, 5.74) is 0.828. The highest BCUT2D eigenvalue weighted by molar-refractivity contribution is 6.46. The molecule has 0 radical (unpaired) electrons. The molecular formula is C14H17N3O. The van der Waals surface area contributed by atoms with Gasteiger partial charge in [0.05, 0.1) is 5.69 Å². The molecule has 2 aliphatic rings. The van der Waals surface area contributed by atoms with Gasteiger partial charge < -0.3 is 5.32 Å². The minimum atomic E-state index is -0.347. The lowest BCUT2D eigenvalue weighted by molar-refractivity contribution is -0.115. The molecular weight excluding hydrogens is 226 g/mol. The van der Waals surface area contributed by atoms with E-state index in [-0.39, 0.29) is 11.6 Å². The summed E-state index contributed by atoms with van der Waals surface area (Å²) in [6.45, 7) is 0. The smallest absolute Gasteiger partial charge is 0.273 e. The minimum Gasteiger partial charge on any atom is -0.326 e. The van der Waals surface area contributed by atoms with E-state index in [0.29, 0.717) is 11.4 Å². The summed E-state index contributed by atoms with van der Waals surface area (Å²) in [4.78, 5) is 21.0. The molecule has 1 N–H and O–H groups in total. The number of nitrogens with zero attached hydrogens (tertiary/aromatic N) is 2. The molecule has 3 rings (SSSR count). The van der Waals surface area contributed by atoms with E-state index in [1.807, 2.05) is 18.2 Å². The van der Waals surface area contributed by atoms with Crippen LogP contribution in [0.1, 0.15) is 44.2 Å². The molecule has 4 nitrogen and oxygen atoms in total. The molecule has 0 bridgehead atoms. The van der Waals surface area contributed by atoms with Crippen LogP contribution in [-0.2, 0) is 4.79 Å². The standard InChI is InChI=1S/C14H17N3O/c18-13-12(11-7-3-6-10-15-11)16-14(17-13)8-4-1-2-5-9-14/h3,6-7,10H,1-2,4-5,8-9H2,(H,17,18). The topological polar surface area (TPSA) is 54.4 Å². The van der Waals surface area contributed by atoms with Crippen LogP contribution in [0.5, 0.6) is 0 Å². The molecule has 1 amide bonds. The van der Waals surface area contributed by atoms with Crippen LogP contribution in [0.2, 0.25) is 0 Å². The van der Waals surface area contributed by atoms with Gasteiger partial charge in [-0.25, -0.2) is 4.99 Å². The fourth-order valence-electron chi connectivity index (χ4n) is 2.79.